The second-order valence-corrected chi connectivity index (χ2v) is 5.92. The number of morpholine rings is 1. The molecular formula is C17H22N6O2. The number of aryl methyl sites for hydroxylation is 1. The van der Waals surface area contributed by atoms with Gasteiger partial charge in [0.25, 0.3) is 0 Å². The smallest absolute Gasteiger partial charge is 0.219 e. The molecule has 2 aromatic heterocycles. The van der Waals surface area contributed by atoms with Crippen LogP contribution in [0, 0.1) is 6.92 Å². The molecule has 1 N–H and O–H groups in total. The number of rotatable bonds is 5. The highest BCUT2D eigenvalue weighted by atomic mass is 16.5. The molecule has 0 spiro atoms. The largest absolute Gasteiger partial charge is 0.370 e. The Kier molecular flexibility index (Phi) is 5.49. The first kappa shape index (κ1) is 17.2. The van der Waals surface area contributed by atoms with Crippen LogP contribution in [0.2, 0.25) is 0 Å². The van der Waals surface area contributed by atoms with Gasteiger partial charge in [0.05, 0.1) is 24.5 Å². The molecule has 3 heterocycles. The maximum Gasteiger partial charge on any atom is 0.219 e. The fourth-order valence-corrected chi connectivity index (χ4v) is 2.74. The minimum Gasteiger partial charge on any atom is -0.370 e. The van der Waals surface area contributed by atoms with Gasteiger partial charge in [0.2, 0.25) is 5.91 Å². The van der Waals surface area contributed by atoms with Gasteiger partial charge < -0.3 is 15.0 Å². The molecular weight excluding hydrogens is 320 g/mol. The van der Waals surface area contributed by atoms with E-state index in [2.05, 4.69) is 25.3 Å². The molecule has 1 atom stereocenters. The molecule has 0 aromatic carbocycles. The zero-order valence-corrected chi connectivity index (χ0v) is 14.5. The average Bonchev–Trinajstić information content (AvgIpc) is 2.62. The van der Waals surface area contributed by atoms with Crippen molar-refractivity contribution in [1.29, 1.82) is 0 Å². The molecule has 1 aliphatic rings. The van der Waals surface area contributed by atoms with Gasteiger partial charge in [-0.2, -0.15) is 0 Å². The Balaban J connectivity index is 1.64. The lowest BCUT2D eigenvalue weighted by Crippen LogP contribution is -2.41. The predicted octanol–water partition coefficient (Wildman–Crippen LogP) is 1.15. The molecule has 1 saturated heterocycles. The molecule has 1 amide bonds. The second kappa shape index (κ2) is 7.98. The number of carbonyl (C=O) groups is 1. The molecule has 3 rings (SSSR count). The quantitative estimate of drug-likeness (QED) is 0.871. The molecule has 0 aliphatic carbocycles. The van der Waals surface area contributed by atoms with E-state index in [4.69, 9.17) is 4.74 Å². The van der Waals surface area contributed by atoms with Gasteiger partial charge in [-0.3, -0.25) is 14.8 Å². The van der Waals surface area contributed by atoms with E-state index in [1.807, 2.05) is 13.0 Å². The zero-order valence-electron chi connectivity index (χ0n) is 14.5. The van der Waals surface area contributed by atoms with Gasteiger partial charge in [-0.25, -0.2) is 9.97 Å². The number of hydrogen-bond acceptors (Lipinski definition) is 7. The van der Waals surface area contributed by atoms with E-state index < -0.39 is 0 Å². The normalized spacial score (nSPS) is 17.4. The maximum atomic E-state index is 11.6. The SMILES string of the molecule is CC(=O)N1CCO[C@H](c2cc(NCCc3cnccn3)nc(C)n2)C1. The van der Waals surface area contributed by atoms with Crippen molar-refractivity contribution in [3.63, 3.8) is 0 Å². The highest BCUT2D eigenvalue weighted by molar-refractivity contribution is 5.73. The van der Waals surface area contributed by atoms with Gasteiger partial charge in [0.15, 0.2) is 0 Å². The van der Waals surface area contributed by atoms with Crippen LogP contribution in [0.25, 0.3) is 0 Å². The summed E-state index contributed by atoms with van der Waals surface area (Å²) in [5.41, 5.74) is 1.72. The zero-order chi connectivity index (χ0) is 17.6. The van der Waals surface area contributed by atoms with E-state index in [9.17, 15) is 4.79 Å². The van der Waals surface area contributed by atoms with E-state index >= 15 is 0 Å². The van der Waals surface area contributed by atoms with Crippen LogP contribution in [-0.4, -0.2) is 57.0 Å². The van der Waals surface area contributed by atoms with Crippen LogP contribution in [0.5, 0.6) is 0 Å². The Labute approximate surface area is 146 Å². The number of hydrogen-bond donors (Lipinski definition) is 1. The minimum atomic E-state index is -0.222. The summed E-state index contributed by atoms with van der Waals surface area (Å²) in [6.07, 6.45) is 5.63. The average molecular weight is 342 g/mol. The van der Waals surface area contributed by atoms with Gasteiger partial charge in [0.1, 0.15) is 17.7 Å². The maximum absolute atomic E-state index is 11.6. The molecule has 8 heteroatoms. The van der Waals surface area contributed by atoms with Crippen molar-refractivity contribution in [2.45, 2.75) is 26.4 Å². The van der Waals surface area contributed by atoms with Crippen molar-refractivity contribution in [3.05, 3.63) is 41.9 Å². The van der Waals surface area contributed by atoms with E-state index in [0.717, 1.165) is 23.6 Å². The summed E-state index contributed by atoms with van der Waals surface area (Å²) in [5.74, 6) is 1.47. The Morgan fingerprint density at radius 1 is 1.40 bits per heavy atom. The van der Waals surface area contributed by atoms with Crippen molar-refractivity contribution in [2.24, 2.45) is 0 Å². The van der Waals surface area contributed by atoms with Crippen LogP contribution < -0.4 is 5.32 Å². The Bertz CT molecular complexity index is 724. The molecule has 1 aliphatic heterocycles. The summed E-state index contributed by atoms with van der Waals surface area (Å²) < 4.78 is 5.80. The molecule has 132 valence electrons. The van der Waals surface area contributed by atoms with Crippen molar-refractivity contribution >= 4 is 11.7 Å². The molecule has 2 aromatic rings. The number of aromatic nitrogens is 4. The summed E-state index contributed by atoms with van der Waals surface area (Å²) in [4.78, 5) is 30.6. The van der Waals surface area contributed by atoms with Crippen LogP contribution in [0.4, 0.5) is 5.82 Å². The van der Waals surface area contributed by atoms with Crippen molar-refractivity contribution in [3.8, 4) is 0 Å². The highest BCUT2D eigenvalue weighted by Gasteiger charge is 2.25. The fourth-order valence-electron chi connectivity index (χ4n) is 2.74. The van der Waals surface area contributed by atoms with Crippen LogP contribution in [0.1, 0.15) is 30.2 Å². The van der Waals surface area contributed by atoms with Crippen LogP contribution in [0.15, 0.2) is 24.7 Å². The highest BCUT2D eigenvalue weighted by Crippen LogP contribution is 2.22. The lowest BCUT2D eigenvalue weighted by Gasteiger charge is -2.32. The molecule has 0 bridgehead atoms. The van der Waals surface area contributed by atoms with Gasteiger partial charge >= 0.3 is 0 Å². The van der Waals surface area contributed by atoms with E-state index in [1.54, 1.807) is 30.4 Å². The monoisotopic (exact) mass is 342 g/mol. The lowest BCUT2D eigenvalue weighted by atomic mass is 10.2. The standard InChI is InChI=1S/C17H22N6O2/c1-12-21-15(16-11-23(13(2)24)7-8-25-16)9-17(22-12)20-4-3-14-10-18-5-6-19-14/h5-6,9-10,16H,3-4,7-8,11H2,1-2H3,(H,20,21,22)/t16-/m0/s1. The Hall–Kier alpha value is -2.61. The first-order chi connectivity index (χ1) is 12.1. The summed E-state index contributed by atoms with van der Waals surface area (Å²) in [5, 5.41) is 3.29. The first-order valence-electron chi connectivity index (χ1n) is 8.33. The third-order valence-electron chi connectivity index (χ3n) is 4.00. The predicted molar refractivity (Wildman–Crippen MR) is 91.9 cm³/mol. The Morgan fingerprint density at radius 3 is 3.04 bits per heavy atom. The summed E-state index contributed by atoms with van der Waals surface area (Å²) in [7, 11) is 0. The van der Waals surface area contributed by atoms with Crippen LogP contribution >= 0.6 is 0 Å². The molecule has 0 radical (unpaired) electrons. The van der Waals surface area contributed by atoms with E-state index in [0.29, 0.717) is 32.1 Å². The van der Waals surface area contributed by atoms with Crippen LogP contribution in [0.3, 0.4) is 0 Å². The summed E-state index contributed by atoms with van der Waals surface area (Å²) in [6, 6.07) is 1.89. The number of nitrogens with zero attached hydrogens (tertiary/aromatic N) is 5. The molecule has 8 nitrogen and oxygen atoms in total. The van der Waals surface area contributed by atoms with Gasteiger partial charge in [-0.15, -0.1) is 0 Å². The minimum absolute atomic E-state index is 0.0568. The third-order valence-corrected chi connectivity index (χ3v) is 4.00. The van der Waals surface area contributed by atoms with Crippen LogP contribution in [-0.2, 0) is 16.0 Å². The number of nitrogens with one attached hydrogen (secondary N) is 1. The topological polar surface area (TPSA) is 93.1 Å². The van der Waals surface area contributed by atoms with Crippen molar-refractivity contribution in [2.75, 3.05) is 31.6 Å². The summed E-state index contributed by atoms with van der Waals surface area (Å²) >= 11 is 0. The van der Waals surface area contributed by atoms with Crippen molar-refractivity contribution < 1.29 is 9.53 Å². The van der Waals surface area contributed by atoms with Gasteiger partial charge in [-0.1, -0.05) is 0 Å². The Morgan fingerprint density at radius 2 is 2.28 bits per heavy atom. The molecule has 0 saturated carbocycles. The van der Waals surface area contributed by atoms with Gasteiger partial charge in [0, 0.05) is 51.1 Å². The van der Waals surface area contributed by atoms with Crippen molar-refractivity contribution in [1.82, 2.24) is 24.8 Å². The van der Waals surface area contributed by atoms with E-state index in [1.165, 1.54) is 0 Å². The number of ether oxygens (including phenoxy) is 1. The second-order valence-electron chi connectivity index (χ2n) is 5.92. The molecule has 25 heavy (non-hydrogen) atoms. The fraction of sp³-hybridized carbons (Fsp3) is 0.471. The molecule has 0 unspecified atom stereocenters. The molecule has 1 fully saturated rings. The number of carbonyl (C=O) groups excluding carboxylic acids is 1. The van der Waals surface area contributed by atoms with E-state index in [-0.39, 0.29) is 12.0 Å². The number of amides is 1. The first-order valence-corrected chi connectivity index (χ1v) is 8.33. The number of anilines is 1. The third kappa shape index (κ3) is 4.69. The van der Waals surface area contributed by atoms with Gasteiger partial charge in [-0.05, 0) is 6.92 Å². The summed E-state index contributed by atoms with van der Waals surface area (Å²) in [6.45, 7) is 5.78. The lowest BCUT2D eigenvalue weighted by molar-refractivity contribution is -0.136.